The Hall–Kier alpha value is -3.06. The van der Waals surface area contributed by atoms with Crippen molar-refractivity contribution in [3.63, 3.8) is 0 Å². The summed E-state index contributed by atoms with van der Waals surface area (Å²) in [7, 11) is -3.30. The van der Waals surface area contributed by atoms with Crippen molar-refractivity contribution < 1.29 is 17.6 Å². The number of hydrogen-bond acceptors (Lipinski definition) is 4. The Labute approximate surface area is 156 Å². The molecule has 1 aromatic heterocycles. The average Bonchev–Trinajstić information content (AvgIpc) is 2.66. The molecule has 0 unspecified atom stereocenters. The van der Waals surface area contributed by atoms with E-state index in [1.54, 1.807) is 36.4 Å². The van der Waals surface area contributed by atoms with Crippen LogP contribution in [-0.2, 0) is 16.4 Å². The highest BCUT2D eigenvalue weighted by Crippen LogP contribution is 2.18. The average molecular weight is 384 g/mol. The van der Waals surface area contributed by atoms with E-state index < -0.39 is 9.84 Å². The Kier molecular flexibility index (Phi) is 5.32. The van der Waals surface area contributed by atoms with Crippen LogP contribution in [0.3, 0.4) is 0 Å². The number of amides is 1. The Morgan fingerprint density at radius 3 is 2.52 bits per heavy atom. The summed E-state index contributed by atoms with van der Waals surface area (Å²) < 4.78 is 36.5. The first-order chi connectivity index (χ1) is 12.8. The maximum Gasteiger partial charge on any atom is 0.253 e. The van der Waals surface area contributed by atoms with Crippen molar-refractivity contribution in [1.82, 2.24) is 10.3 Å². The van der Waals surface area contributed by atoms with Crippen molar-refractivity contribution in [3.05, 3.63) is 83.8 Å². The van der Waals surface area contributed by atoms with E-state index in [1.807, 2.05) is 0 Å². The molecule has 2 aromatic carbocycles. The number of benzene rings is 2. The predicted octanol–water partition coefficient (Wildman–Crippen LogP) is 3.22. The van der Waals surface area contributed by atoms with Crippen LogP contribution in [0.4, 0.5) is 4.39 Å². The second-order valence-electron chi connectivity index (χ2n) is 6.04. The number of nitrogens with one attached hydrogen (secondary N) is 1. The molecule has 27 heavy (non-hydrogen) atoms. The molecule has 0 atom stereocenters. The molecule has 0 radical (unpaired) electrons. The highest BCUT2D eigenvalue weighted by molar-refractivity contribution is 7.90. The summed E-state index contributed by atoms with van der Waals surface area (Å²) in [6, 6.07) is 15.7. The Bertz CT molecular complexity index is 1080. The molecule has 138 valence electrons. The van der Waals surface area contributed by atoms with Crippen LogP contribution in [0.2, 0.25) is 0 Å². The number of carbonyl (C=O) groups excluding carboxylic acids is 1. The molecule has 1 amide bonds. The Balaban J connectivity index is 1.68. The lowest BCUT2D eigenvalue weighted by molar-refractivity contribution is 0.0950. The summed E-state index contributed by atoms with van der Waals surface area (Å²) in [6.07, 6.45) is 2.55. The van der Waals surface area contributed by atoms with Gasteiger partial charge in [-0.05, 0) is 42.0 Å². The molecule has 3 rings (SSSR count). The number of nitrogens with zero attached hydrogens (tertiary/aromatic N) is 1. The minimum absolute atomic E-state index is 0.188. The van der Waals surface area contributed by atoms with E-state index in [1.165, 1.54) is 30.5 Å². The predicted molar refractivity (Wildman–Crippen MR) is 100 cm³/mol. The fraction of sp³-hybridized carbons (Fsp3) is 0.100. The second kappa shape index (κ2) is 7.67. The van der Waals surface area contributed by atoms with Gasteiger partial charge in [0.05, 0.1) is 16.2 Å². The summed E-state index contributed by atoms with van der Waals surface area (Å²) in [5, 5.41) is 2.73. The van der Waals surface area contributed by atoms with Gasteiger partial charge in [0.15, 0.2) is 9.84 Å². The lowest BCUT2D eigenvalue weighted by atomic mass is 10.1. The molecular weight excluding hydrogens is 367 g/mol. The molecule has 0 fully saturated rings. The SMILES string of the molecule is CS(=O)(=O)c1cccc(CNC(=O)c2ccc(-c3cccc(F)c3)nc2)c1. The molecule has 0 aliphatic rings. The molecule has 0 bridgehead atoms. The van der Waals surface area contributed by atoms with E-state index in [-0.39, 0.29) is 23.2 Å². The van der Waals surface area contributed by atoms with Crippen molar-refractivity contribution in [2.24, 2.45) is 0 Å². The van der Waals surface area contributed by atoms with Gasteiger partial charge >= 0.3 is 0 Å². The van der Waals surface area contributed by atoms with E-state index in [0.717, 1.165) is 6.26 Å². The Morgan fingerprint density at radius 2 is 1.85 bits per heavy atom. The van der Waals surface area contributed by atoms with Crippen LogP contribution in [-0.4, -0.2) is 25.6 Å². The first-order valence-electron chi connectivity index (χ1n) is 8.12. The number of pyridine rings is 1. The summed E-state index contributed by atoms with van der Waals surface area (Å²) >= 11 is 0. The summed E-state index contributed by atoms with van der Waals surface area (Å²) in [5.41, 5.74) is 2.22. The fourth-order valence-electron chi connectivity index (χ4n) is 2.52. The van der Waals surface area contributed by atoms with Gasteiger partial charge in [0, 0.05) is 24.6 Å². The molecule has 0 aliphatic heterocycles. The van der Waals surface area contributed by atoms with Crippen LogP contribution in [0.5, 0.6) is 0 Å². The van der Waals surface area contributed by atoms with Gasteiger partial charge in [0.2, 0.25) is 0 Å². The molecule has 5 nitrogen and oxygen atoms in total. The topological polar surface area (TPSA) is 76.1 Å². The van der Waals surface area contributed by atoms with E-state index in [9.17, 15) is 17.6 Å². The van der Waals surface area contributed by atoms with Crippen LogP contribution in [0.25, 0.3) is 11.3 Å². The van der Waals surface area contributed by atoms with Gasteiger partial charge in [-0.15, -0.1) is 0 Å². The smallest absolute Gasteiger partial charge is 0.253 e. The normalized spacial score (nSPS) is 11.2. The number of aromatic nitrogens is 1. The van der Waals surface area contributed by atoms with E-state index >= 15 is 0 Å². The zero-order valence-electron chi connectivity index (χ0n) is 14.5. The third kappa shape index (κ3) is 4.77. The van der Waals surface area contributed by atoms with Crippen molar-refractivity contribution in [1.29, 1.82) is 0 Å². The number of sulfone groups is 1. The first kappa shape index (κ1) is 18.7. The van der Waals surface area contributed by atoms with E-state index in [0.29, 0.717) is 22.4 Å². The van der Waals surface area contributed by atoms with Crippen molar-refractivity contribution in [2.75, 3.05) is 6.26 Å². The molecule has 3 aromatic rings. The zero-order valence-corrected chi connectivity index (χ0v) is 15.3. The lowest BCUT2D eigenvalue weighted by Crippen LogP contribution is -2.23. The standard InChI is InChI=1S/C20H17FN2O3S/c1-27(25,26)18-7-2-4-14(10-18)12-23-20(24)16-8-9-19(22-13-16)15-5-3-6-17(21)11-15/h2-11,13H,12H2,1H3,(H,23,24). The first-order valence-corrected chi connectivity index (χ1v) is 10.0. The van der Waals surface area contributed by atoms with Crippen molar-refractivity contribution in [2.45, 2.75) is 11.4 Å². The van der Waals surface area contributed by atoms with E-state index in [4.69, 9.17) is 0 Å². The molecule has 0 saturated heterocycles. The van der Waals surface area contributed by atoms with Crippen molar-refractivity contribution >= 4 is 15.7 Å². The second-order valence-corrected chi connectivity index (χ2v) is 8.06. The highest BCUT2D eigenvalue weighted by Gasteiger charge is 2.10. The van der Waals surface area contributed by atoms with Crippen LogP contribution in [0, 0.1) is 5.82 Å². The largest absolute Gasteiger partial charge is 0.348 e. The highest BCUT2D eigenvalue weighted by atomic mass is 32.2. The number of rotatable bonds is 5. The van der Waals surface area contributed by atoms with Crippen LogP contribution in [0.15, 0.2) is 71.8 Å². The molecule has 0 saturated carbocycles. The summed E-state index contributed by atoms with van der Waals surface area (Å²) in [5.74, 6) is -0.689. The summed E-state index contributed by atoms with van der Waals surface area (Å²) in [4.78, 5) is 16.7. The van der Waals surface area contributed by atoms with Gasteiger partial charge in [0.25, 0.3) is 5.91 Å². The minimum atomic E-state index is -3.30. The van der Waals surface area contributed by atoms with Crippen LogP contribution in [0.1, 0.15) is 15.9 Å². The van der Waals surface area contributed by atoms with Crippen LogP contribution >= 0.6 is 0 Å². The monoisotopic (exact) mass is 384 g/mol. The molecule has 7 heteroatoms. The van der Waals surface area contributed by atoms with Gasteiger partial charge in [0.1, 0.15) is 5.82 Å². The number of halogens is 1. The van der Waals surface area contributed by atoms with Gasteiger partial charge in [-0.25, -0.2) is 12.8 Å². The molecule has 0 spiro atoms. The minimum Gasteiger partial charge on any atom is -0.348 e. The zero-order chi connectivity index (χ0) is 19.4. The maximum atomic E-state index is 13.3. The molecule has 0 aliphatic carbocycles. The van der Waals surface area contributed by atoms with Gasteiger partial charge < -0.3 is 5.32 Å². The van der Waals surface area contributed by atoms with Crippen LogP contribution < -0.4 is 5.32 Å². The third-order valence-electron chi connectivity index (χ3n) is 3.93. The van der Waals surface area contributed by atoms with Crippen molar-refractivity contribution in [3.8, 4) is 11.3 Å². The van der Waals surface area contributed by atoms with Gasteiger partial charge in [-0.1, -0.05) is 24.3 Å². The summed E-state index contributed by atoms with van der Waals surface area (Å²) in [6.45, 7) is 0.188. The third-order valence-corrected chi connectivity index (χ3v) is 5.04. The molecule has 1 N–H and O–H groups in total. The lowest BCUT2D eigenvalue weighted by Gasteiger charge is -2.07. The number of carbonyl (C=O) groups is 1. The van der Waals surface area contributed by atoms with Gasteiger partial charge in [-0.2, -0.15) is 0 Å². The Morgan fingerprint density at radius 1 is 1.07 bits per heavy atom. The molecule has 1 heterocycles. The molecular formula is C20H17FN2O3S. The quantitative estimate of drug-likeness (QED) is 0.733. The fourth-order valence-corrected chi connectivity index (χ4v) is 3.21. The van der Waals surface area contributed by atoms with Gasteiger partial charge in [-0.3, -0.25) is 9.78 Å². The number of hydrogen-bond donors (Lipinski definition) is 1. The van der Waals surface area contributed by atoms with E-state index in [2.05, 4.69) is 10.3 Å². The maximum absolute atomic E-state index is 13.3.